The van der Waals surface area contributed by atoms with Crippen molar-refractivity contribution in [3.8, 4) is 5.69 Å². The Morgan fingerprint density at radius 3 is 2.80 bits per heavy atom. The minimum atomic E-state index is -0.531. The van der Waals surface area contributed by atoms with Crippen molar-refractivity contribution in [1.29, 1.82) is 0 Å². The van der Waals surface area contributed by atoms with E-state index in [4.69, 9.17) is 4.74 Å². The van der Waals surface area contributed by atoms with Gasteiger partial charge in [0, 0.05) is 23.8 Å². The summed E-state index contributed by atoms with van der Waals surface area (Å²) in [5.74, 6) is 0.539. The lowest BCUT2D eigenvalue weighted by atomic mass is 10.2. The van der Waals surface area contributed by atoms with Crippen molar-refractivity contribution in [1.82, 2.24) is 9.55 Å². The molecule has 4 nitrogen and oxygen atoms in total. The smallest absolute Gasteiger partial charge is 0.172 e. The second kappa shape index (κ2) is 8.85. The summed E-state index contributed by atoms with van der Waals surface area (Å²) in [6.45, 7) is 2.90. The first-order valence-electron chi connectivity index (χ1n) is 8.25. The molecule has 1 N–H and O–H groups in total. The third-order valence-corrected chi connectivity index (χ3v) is 4.82. The fourth-order valence-electron chi connectivity index (χ4n) is 2.48. The second-order valence-electron chi connectivity index (χ2n) is 5.88. The summed E-state index contributed by atoms with van der Waals surface area (Å²) in [5, 5.41) is 11.0. The molecule has 1 unspecified atom stereocenters. The Kier molecular flexibility index (Phi) is 6.28. The quantitative estimate of drug-likeness (QED) is 0.624. The molecule has 0 bridgehead atoms. The van der Waals surface area contributed by atoms with Crippen molar-refractivity contribution < 1.29 is 9.84 Å². The van der Waals surface area contributed by atoms with E-state index in [0.29, 0.717) is 19.0 Å². The molecule has 0 saturated heterocycles. The molecule has 2 aromatic carbocycles. The van der Waals surface area contributed by atoms with Crippen LogP contribution in [0.4, 0.5) is 0 Å². The zero-order valence-electron chi connectivity index (χ0n) is 14.2. The van der Waals surface area contributed by atoms with Gasteiger partial charge < -0.3 is 9.84 Å². The summed E-state index contributed by atoms with van der Waals surface area (Å²) in [5.41, 5.74) is 3.39. The first-order chi connectivity index (χ1) is 12.2. The summed E-state index contributed by atoms with van der Waals surface area (Å²) in [7, 11) is 0. The fourth-order valence-corrected chi connectivity index (χ4v) is 3.36. The van der Waals surface area contributed by atoms with Crippen LogP contribution in [0.1, 0.15) is 11.1 Å². The van der Waals surface area contributed by atoms with E-state index in [1.807, 2.05) is 47.2 Å². The van der Waals surface area contributed by atoms with Crippen molar-refractivity contribution in [2.45, 2.75) is 24.8 Å². The number of aliphatic hydroxyl groups is 1. The molecular formula is C20H22N2O2S. The van der Waals surface area contributed by atoms with Crippen molar-refractivity contribution in [3.63, 3.8) is 0 Å². The van der Waals surface area contributed by atoms with E-state index in [1.165, 1.54) is 17.3 Å². The molecule has 5 heteroatoms. The van der Waals surface area contributed by atoms with Gasteiger partial charge in [0.05, 0.1) is 19.3 Å². The predicted octanol–water partition coefficient (Wildman–Crippen LogP) is 3.85. The van der Waals surface area contributed by atoms with Crippen LogP contribution in [0.15, 0.2) is 72.1 Å². The van der Waals surface area contributed by atoms with E-state index in [0.717, 1.165) is 16.4 Å². The Bertz CT molecular complexity index is 789. The summed E-state index contributed by atoms with van der Waals surface area (Å²) in [6.07, 6.45) is 3.19. The molecule has 0 spiro atoms. The maximum Gasteiger partial charge on any atom is 0.172 e. The third-order valence-electron chi connectivity index (χ3n) is 3.71. The first kappa shape index (κ1) is 17.7. The highest BCUT2D eigenvalue weighted by molar-refractivity contribution is 7.99. The Hall–Kier alpha value is -2.08. The maximum absolute atomic E-state index is 10.1. The lowest BCUT2D eigenvalue weighted by molar-refractivity contribution is 0.0398. The summed E-state index contributed by atoms with van der Waals surface area (Å²) in [6, 6.07) is 18.2. The van der Waals surface area contributed by atoms with E-state index in [1.54, 1.807) is 6.20 Å². The highest BCUT2D eigenvalue weighted by Crippen LogP contribution is 2.21. The van der Waals surface area contributed by atoms with Crippen LogP contribution in [0.25, 0.3) is 5.69 Å². The van der Waals surface area contributed by atoms with Gasteiger partial charge in [-0.05, 0) is 30.2 Å². The summed E-state index contributed by atoms with van der Waals surface area (Å²) >= 11 is 1.53. The number of aliphatic hydroxyl groups excluding tert-OH is 1. The van der Waals surface area contributed by atoms with E-state index in [9.17, 15) is 5.11 Å². The number of ether oxygens (including phenoxy) is 1. The van der Waals surface area contributed by atoms with Gasteiger partial charge in [0.25, 0.3) is 0 Å². The standard InChI is InChI=1S/C20H22N2O2S/c1-16-6-5-9-18(12-16)22-11-10-21-20(22)25-15-19(23)14-24-13-17-7-3-2-4-8-17/h2-12,19,23H,13-15H2,1H3. The Morgan fingerprint density at radius 1 is 1.16 bits per heavy atom. The number of imidazole rings is 1. The average Bonchev–Trinajstić information content (AvgIpc) is 3.09. The molecule has 1 aromatic heterocycles. The predicted molar refractivity (Wildman–Crippen MR) is 101 cm³/mol. The van der Waals surface area contributed by atoms with Crippen LogP contribution in [0, 0.1) is 6.92 Å². The van der Waals surface area contributed by atoms with Crippen molar-refractivity contribution in [3.05, 3.63) is 78.1 Å². The van der Waals surface area contributed by atoms with Crippen molar-refractivity contribution in [2.24, 2.45) is 0 Å². The topological polar surface area (TPSA) is 47.3 Å². The van der Waals surface area contributed by atoms with Crippen LogP contribution >= 0.6 is 11.8 Å². The molecule has 130 valence electrons. The van der Waals surface area contributed by atoms with Crippen molar-refractivity contribution in [2.75, 3.05) is 12.4 Å². The van der Waals surface area contributed by atoms with Crippen LogP contribution in [-0.4, -0.2) is 33.1 Å². The van der Waals surface area contributed by atoms with E-state index in [-0.39, 0.29) is 0 Å². The number of aromatic nitrogens is 2. The van der Waals surface area contributed by atoms with Gasteiger partial charge in [0.2, 0.25) is 0 Å². The molecule has 0 aliphatic heterocycles. The van der Waals surface area contributed by atoms with Crippen LogP contribution in [0.5, 0.6) is 0 Å². The number of benzene rings is 2. The number of thioether (sulfide) groups is 1. The summed E-state index contributed by atoms with van der Waals surface area (Å²) in [4.78, 5) is 4.40. The van der Waals surface area contributed by atoms with Gasteiger partial charge in [-0.1, -0.05) is 54.2 Å². The molecule has 3 aromatic rings. The zero-order valence-corrected chi connectivity index (χ0v) is 15.0. The molecule has 0 radical (unpaired) electrons. The van der Waals surface area contributed by atoms with Gasteiger partial charge in [-0.15, -0.1) is 0 Å². The van der Waals surface area contributed by atoms with Gasteiger partial charge in [0.15, 0.2) is 5.16 Å². The fraction of sp³-hybridized carbons (Fsp3) is 0.250. The molecule has 0 fully saturated rings. The molecule has 25 heavy (non-hydrogen) atoms. The molecule has 0 aliphatic carbocycles. The van der Waals surface area contributed by atoms with Crippen LogP contribution in [0.2, 0.25) is 0 Å². The Morgan fingerprint density at radius 2 is 2.00 bits per heavy atom. The minimum absolute atomic E-state index is 0.313. The molecule has 0 amide bonds. The lowest BCUT2D eigenvalue weighted by Gasteiger charge is -2.12. The molecule has 0 saturated carbocycles. The van der Waals surface area contributed by atoms with E-state index >= 15 is 0 Å². The van der Waals surface area contributed by atoms with Gasteiger partial charge in [-0.3, -0.25) is 4.57 Å². The van der Waals surface area contributed by atoms with Crippen LogP contribution < -0.4 is 0 Å². The SMILES string of the molecule is Cc1cccc(-n2ccnc2SCC(O)COCc2ccccc2)c1. The molecule has 1 heterocycles. The highest BCUT2D eigenvalue weighted by Gasteiger charge is 2.10. The lowest BCUT2D eigenvalue weighted by Crippen LogP contribution is -2.18. The van der Waals surface area contributed by atoms with E-state index in [2.05, 4.69) is 30.1 Å². The number of aryl methyl sites for hydroxylation is 1. The van der Waals surface area contributed by atoms with Crippen molar-refractivity contribution >= 4 is 11.8 Å². The van der Waals surface area contributed by atoms with Crippen LogP contribution in [0.3, 0.4) is 0 Å². The highest BCUT2D eigenvalue weighted by atomic mass is 32.2. The van der Waals surface area contributed by atoms with Gasteiger partial charge in [-0.2, -0.15) is 0 Å². The largest absolute Gasteiger partial charge is 0.390 e. The number of nitrogens with zero attached hydrogens (tertiary/aromatic N) is 2. The first-order valence-corrected chi connectivity index (χ1v) is 9.24. The zero-order chi connectivity index (χ0) is 17.5. The van der Waals surface area contributed by atoms with Gasteiger partial charge in [-0.25, -0.2) is 4.98 Å². The number of rotatable bonds is 8. The minimum Gasteiger partial charge on any atom is -0.390 e. The number of hydrogen-bond acceptors (Lipinski definition) is 4. The molecule has 0 aliphatic rings. The molecule has 1 atom stereocenters. The van der Waals surface area contributed by atoms with Gasteiger partial charge >= 0.3 is 0 Å². The Balaban J connectivity index is 1.49. The maximum atomic E-state index is 10.1. The Labute approximate surface area is 152 Å². The molecular weight excluding hydrogens is 332 g/mol. The average molecular weight is 354 g/mol. The molecule has 3 rings (SSSR count). The summed E-state index contributed by atoms with van der Waals surface area (Å²) < 4.78 is 7.63. The van der Waals surface area contributed by atoms with Crippen LogP contribution in [-0.2, 0) is 11.3 Å². The number of hydrogen-bond donors (Lipinski definition) is 1. The normalized spacial score (nSPS) is 12.2. The monoisotopic (exact) mass is 354 g/mol. The van der Waals surface area contributed by atoms with Gasteiger partial charge in [0.1, 0.15) is 0 Å². The van der Waals surface area contributed by atoms with E-state index < -0.39 is 6.10 Å². The third kappa shape index (κ3) is 5.19. The second-order valence-corrected chi connectivity index (χ2v) is 6.87.